The highest BCUT2D eigenvalue weighted by atomic mass is 32.2. The summed E-state index contributed by atoms with van der Waals surface area (Å²) in [5.74, 6) is 0. The normalized spacial score (nSPS) is 22.2. The van der Waals surface area contributed by atoms with Crippen LogP contribution in [0.4, 0.5) is 0 Å². The van der Waals surface area contributed by atoms with Gasteiger partial charge in [-0.05, 0) is 13.0 Å². The van der Waals surface area contributed by atoms with Crippen molar-refractivity contribution >= 4 is 10.0 Å². The topological polar surface area (TPSA) is 61.2 Å². The summed E-state index contributed by atoms with van der Waals surface area (Å²) in [5, 5.41) is 0. The van der Waals surface area contributed by atoms with Crippen LogP contribution in [0, 0.1) is 4.78 Å². The van der Waals surface area contributed by atoms with Crippen LogP contribution in [0.2, 0.25) is 0 Å². The minimum Gasteiger partial charge on any atom is -0.297 e. The number of rotatable bonds is 1. The molecule has 0 saturated carbocycles. The molecule has 0 saturated heterocycles. The Hall–Kier alpha value is -0.870. The van der Waals surface area contributed by atoms with Crippen LogP contribution in [-0.2, 0) is 10.0 Å². The smallest absolute Gasteiger partial charge is 0.184 e. The Balaban J connectivity index is 3.05. The second-order valence-electron chi connectivity index (χ2n) is 2.68. The number of hydrogen-bond donors (Lipinski definition) is 2. The molecule has 1 atom stereocenters. The fourth-order valence-corrected chi connectivity index (χ4v) is 1.49. The first-order valence-corrected chi connectivity index (χ1v) is 5.07. The van der Waals surface area contributed by atoms with E-state index in [4.69, 9.17) is 9.33 Å². The Bertz CT molecular complexity index is 361. The Morgan fingerprint density at radius 1 is 1.58 bits per heavy atom. The van der Waals surface area contributed by atoms with Gasteiger partial charge in [0.2, 0.25) is 0 Å². The van der Waals surface area contributed by atoms with E-state index in [2.05, 4.69) is 0 Å². The Morgan fingerprint density at radius 3 is 2.83 bits per heavy atom. The van der Waals surface area contributed by atoms with E-state index in [9.17, 15) is 4.21 Å². The average Bonchev–Trinajstić information content (AvgIpc) is 2.11. The number of hydrogen-bond acceptors (Lipinski definition) is 2. The minimum atomic E-state index is -3.51. The third-order valence-electron chi connectivity index (χ3n) is 1.59. The standard InChI is InChI=1S/C8H11NO2S/c1-7-3-2-4-8(6-5-7)12(9,10)11/h2-3,5-6H,4H2,1H3,(H2,9,10,11). The van der Waals surface area contributed by atoms with Crippen molar-refractivity contribution in [3.05, 3.63) is 34.8 Å². The molecule has 1 aliphatic carbocycles. The molecule has 1 aliphatic rings. The molecule has 0 amide bonds. The maximum absolute atomic E-state index is 10.9. The van der Waals surface area contributed by atoms with E-state index in [0.29, 0.717) is 6.42 Å². The highest BCUT2D eigenvalue weighted by Gasteiger charge is 2.07. The predicted octanol–water partition coefficient (Wildman–Crippen LogP) is 2.30. The SMILES string of the molecule is CC1=CC=C(S(=N)(=O)O)CC=C1. The van der Waals surface area contributed by atoms with Gasteiger partial charge < -0.3 is 0 Å². The average molecular weight is 185 g/mol. The minimum absolute atomic E-state index is 0.260. The first-order valence-electron chi connectivity index (χ1n) is 3.55. The zero-order valence-electron chi connectivity index (χ0n) is 6.78. The lowest BCUT2D eigenvalue weighted by molar-refractivity contribution is 0.555. The quantitative estimate of drug-likeness (QED) is 0.658. The molecule has 0 aromatic rings. The van der Waals surface area contributed by atoms with Crippen LogP contribution in [0.3, 0.4) is 0 Å². The fourth-order valence-electron chi connectivity index (χ4n) is 0.914. The van der Waals surface area contributed by atoms with E-state index in [1.165, 1.54) is 0 Å². The maximum atomic E-state index is 10.9. The van der Waals surface area contributed by atoms with Crippen LogP contribution >= 0.6 is 0 Å². The second kappa shape index (κ2) is 3.25. The van der Waals surface area contributed by atoms with Gasteiger partial charge in [-0.15, -0.1) is 0 Å². The van der Waals surface area contributed by atoms with Crippen LogP contribution < -0.4 is 0 Å². The van der Waals surface area contributed by atoms with Crippen molar-refractivity contribution in [1.29, 1.82) is 4.78 Å². The van der Waals surface area contributed by atoms with E-state index in [1.807, 2.05) is 13.0 Å². The van der Waals surface area contributed by atoms with Gasteiger partial charge in [-0.2, -0.15) is 0 Å². The molecule has 1 unspecified atom stereocenters. The van der Waals surface area contributed by atoms with Crippen molar-refractivity contribution in [3.8, 4) is 0 Å². The van der Waals surface area contributed by atoms with Gasteiger partial charge in [-0.1, -0.05) is 23.8 Å². The summed E-state index contributed by atoms with van der Waals surface area (Å²) in [6, 6.07) is 0. The van der Waals surface area contributed by atoms with Gasteiger partial charge in [0.05, 0.1) is 4.91 Å². The van der Waals surface area contributed by atoms with E-state index < -0.39 is 10.0 Å². The monoisotopic (exact) mass is 185 g/mol. The van der Waals surface area contributed by atoms with Crippen LogP contribution in [0.1, 0.15) is 13.3 Å². The Labute approximate surface area is 72.3 Å². The summed E-state index contributed by atoms with van der Waals surface area (Å²) in [5.41, 5.74) is 1.02. The van der Waals surface area contributed by atoms with Gasteiger partial charge in [0.1, 0.15) is 0 Å². The highest BCUT2D eigenvalue weighted by molar-refractivity contribution is 7.90. The van der Waals surface area contributed by atoms with Gasteiger partial charge in [0.25, 0.3) is 0 Å². The molecule has 12 heavy (non-hydrogen) atoms. The predicted molar refractivity (Wildman–Crippen MR) is 49.1 cm³/mol. The third-order valence-corrected chi connectivity index (χ3v) is 2.60. The maximum Gasteiger partial charge on any atom is 0.184 e. The molecule has 0 aliphatic heterocycles. The van der Waals surface area contributed by atoms with E-state index in [1.54, 1.807) is 18.2 Å². The molecule has 0 fully saturated rings. The van der Waals surface area contributed by atoms with E-state index >= 15 is 0 Å². The van der Waals surface area contributed by atoms with Crippen molar-refractivity contribution in [2.75, 3.05) is 0 Å². The third kappa shape index (κ3) is 2.32. The van der Waals surface area contributed by atoms with Gasteiger partial charge in [-0.3, -0.25) is 4.55 Å². The molecule has 0 aromatic carbocycles. The Kier molecular flexibility index (Phi) is 2.49. The van der Waals surface area contributed by atoms with Gasteiger partial charge >= 0.3 is 0 Å². The van der Waals surface area contributed by atoms with Crippen molar-refractivity contribution in [2.24, 2.45) is 0 Å². The summed E-state index contributed by atoms with van der Waals surface area (Å²) in [7, 11) is -3.51. The summed E-state index contributed by atoms with van der Waals surface area (Å²) in [6.07, 6.45) is 7.32. The lowest BCUT2D eigenvalue weighted by Gasteiger charge is -1.99. The fraction of sp³-hybridized carbons (Fsp3) is 0.250. The molecule has 3 nitrogen and oxygen atoms in total. The van der Waals surface area contributed by atoms with Gasteiger partial charge in [-0.25, -0.2) is 8.99 Å². The lowest BCUT2D eigenvalue weighted by atomic mass is 10.3. The molecule has 0 aromatic heterocycles. The largest absolute Gasteiger partial charge is 0.297 e. The Morgan fingerprint density at radius 2 is 2.25 bits per heavy atom. The highest BCUT2D eigenvalue weighted by Crippen LogP contribution is 2.15. The zero-order valence-corrected chi connectivity index (χ0v) is 7.60. The molecule has 66 valence electrons. The van der Waals surface area contributed by atoms with Crippen LogP contribution in [0.25, 0.3) is 0 Å². The lowest BCUT2D eigenvalue weighted by Crippen LogP contribution is -1.97. The van der Waals surface area contributed by atoms with Crippen LogP contribution in [0.15, 0.2) is 34.8 Å². The first-order chi connectivity index (χ1) is 5.50. The summed E-state index contributed by atoms with van der Waals surface area (Å²) >= 11 is 0. The van der Waals surface area contributed by atoms with Gasteiger partial charge in [0, 0.05) is 6.42 Å². The molecule has 0 spiro atoms. The van der Waals surface area contributed by atoms with Crippen LogP contribution in [-0.4, -0.2) is 8.76 Å². The molecule has 1 rings (SSSR count). The van der Waals surface area contributed by atoms with Crippen molar-refractivity contribution in [2.45, 2.75) is 13.3 Å². The molecular weight excluding hydrogens is 174 g/mol. The van der Waals surface area contributed by atoms with E-state index in [-0.39, 0.29) is 4.91 Å². The zero-order chi connectivity index (χ0) is 9.19. The molecule has 0 bridgehead atoms. The molecule has 4 heteroatoms. The van der Waals surface area contributed by atoms with Gasteiger partial charge in [0.15, 0.2) is 10.0 Å². The second-order valence-corrected chi connectivity index (χ2v) is 4.25. The summed E-state index contributed by atoms with van der Waals surface area (Å²) in [6.45, 7) is 1.90. The van der Waals surface area contributed by atoms with Crippen molar-refractivity contribution in [3.63, 3.8) is 0 Å². The molecule has 0 radical (unpaired) electrons. The number of allylic oxidation sites excluding steroid dienone is 6. The first kappa shape index (κ1) is 9.22. The van der Waals surface area contributed by atoms with Crippen LogP contribution in [0.5, 0.6) is 0 Å². The molecular formula is C8H11NO2S. The molecule has 0 heterocycles. The van der Waals surface area contributed by atoms with E-state index in [0.717, 1.165) is 5.57 Å². The molecule has 2 N–H and O–H groups in total. The summed E-state index contributed by atoms with van der Waals surface area (Å²) in [4.78, 5) is 0.260. The van der Waals surface area contributed by atoms with Crippen molar-refractivity contribution < 1.29 is 8.76 Å². The summed E-state index contributed by atoms with van der Waals surface area (Å²) < 4.78 is 26.8. The number of nitrogens with one attached hydrogen (secondary N) is 1. The van der Waals surface area contributed by atoms with Crippen molar-refractivity contribution in [1.82, 2.24) is 0 Å².